The Morgan fingerprint density at radius 1 is 1.20 bits per heavy atom. The predicted octanol–water partition coefficient (Wildman–Crippen LogP) is 2.60. The Bertz CT molecular complexity index is 661. The van der Waals surface area contributed by atoms with E-state index >= 15 is 0 Å². The molecule has 0 atom stereocenters. The first-order valence-electron chi connectivity index (χ1n) is 6.44. The fourth-order valence-corrected chi connectivity index (χ4v) is 3.22. The molecule has 1 N–H and O–H groups in total. The van der Waals surface area contributed by atoms with Crippen LogP contribution in [-0.2, 0) is 12.8 Å². The lowest BCUT2D eigenvalue weighted by molar-refractivity contribution is 0.0696. The van der Waals surface area contributed by atoms with Crippen molar-refractivity contribution in [3.05, 3.63) is 41.5 Å². The van der Waals surface area contributed by atoms with Gasteiger partial charge in [0.15, 0.2) is 0 Å². The summed E-state index contributed by atoms with van der Waals surface area (Å²) in [5.74, 6) is -0.945. The van der Waals surface area contributed by atoms with E-state index in [2.05, 4.69) is 15.0 Å². The van der Waals surface area contributed by atoms with Crippen LogP contribution in [0.15, 0.2) is 34.7 Å². The predicted molar refractivity (Wildman–Crippen MR) is 74.0 cm³/mol. The number of pyridine rings is 1. The number of aromatic nitrogens is 3. The lowest BCUT2D eigenvalue weighted by Crippen LogP contribution is -2.08. The number of carboxylic acids is 1. The van der Waals surface area contributed by atoms with Gasteiger partial charge in [0.25, 0.3) is 0 Å². The van der Waals surface area contributed by atoms with E-state index in [4.69, 9.17) is 5.11 Å². The highest BCUT2D eigenvalue weighted by atomic mass is 32.2. The Morgan fingerprint density at radius 3 is 2.90 bits per heavy atom. The van der Waals surface area contributed by atoms with Crippen LogP contribution in [-0.4, -0.2) is 26.0 Å². The topological polar surface area (TPSA) is 76.0 Å². The number of aryl methyl sites for hydroxylation is 1. The molecule has 0 amide bonds. The summed E-state index contributed by atoms with van der Waals surface area (Å²) in [6, 6.07) is 3.06. The van der Waals surface area contributed by atoms with Gasteiger partial charge in [-0.25, -0.2) is 19.7 Å². The van der Waals surface area contributed by atoms with Gasteiger partial charge in [-0.05, 0) is 49.6 Å². The SMILES string of the molecule is O=C(O)c1ccnc(Sc2ncnc3c2CCCC3)c1. The molecule has 0 saturated heterocycles. The smallest absolute Gasteiger partial charge is 0.335 e. The molecule has 0 unspecified atom stereocenters. The van der Waals surface area contributed by atoms with E-state index in [9.17, 15) is 4.79 Å². The van der Waals surface area contributed by atoms with Crippen molar-refractivity contribution in [1.82, 2.24) is 15.0 Å². The van der Waals surface area contributed by atoms with Crippen molar-refractivity contribution in [2.75, 3.05) is 0 Å². The zero-order valence-corrected chi connectivity index (χ0v) is 11.6. The Kier molecular flexibility index (Phi) is 3.64. The maximum Gasteiger partial charge on any atom is 0.335 e. The van der Waals surface area contributed by atoms with Gasteiger partial charge in [-0.15, -0.1) is 0 Å². The summed E-state index contributed by atoms with van der Waals surface area (Å²) in [5, 5.41) is 10.5. The number of fused-ring (bicyclic) bond motifs is 1. The van der Waals surface area contributed by atoms with E-state index in [0.29, 0.717) is 5.03 Å². The van der Waals surface area contributed by atoms with Gasteiger partial charge in [0, 0.05) is 17.5 Å². The number of hydrogen-bond donors (Lipinski definition) is 1. The van der Waals surface area contributed by atoms with Crippen LogP contribution in [0.1, 0.15) is 34.5 Å². The number of aromatic carboxylic acids is 1. The van der Waals surface area contributed by atoms with Gasteiger partial charge in [0.1, 0.15) is 16.4 Å². The highest BCUT2D eigenvalue weighted by molar-refractivity contribution is 7.99. The van der Waals surface area contributed by atoms with Crippen molar-refractivity contribution in [3.8, 4) is 0 Å². The van der Waals surface area contributed by atoms with Crippen LogP contribution in [0.2, 0.25) is 0 Å². The van der Waals surface area contributed by atoms with Crippen LogP contribution < -0.4 is 0 Å². The maximum absolute atomic E-state index is 11.0. The monoisotopic (exact) mass is 287 g/mol. The van der Waals surface area contributed by atoms with Crippen molar-refractivity contribution in [1.29, 1.82) is 0 Å². The van der Waals surface area contributed by atoms with Crippen molar-refractivity contribution in [2.24, 2.45) is 0 Å². The van der Waals surface area contributed by atoms with E-state index < -0.39 is 5.97 Å². The molecule has 2 heterocycles. The van der Waals surface area contributed by atoms with E-state index in [0.717, 1.165) is 30.0 Å². The summed E-state index contributed by atoms with van der Waals surface area (Å²) in [6.45, 7) is 0. The number of nitrogens with zero attached hydrogens (tertiary/aromatic N) is 3. The van der Waals surface area contributed by atoms with Crippen molar-refractivity contribution < 1.29 is 9.90 Å². The molecule has 0 radical (unpaired) electrons. The lowest BCUT2D eigenvalue weighted by atomic mass is 9.98. The summed E-state index contributed by atoms with van der Waals surface area (Å²) >= 11 is 1.41. The summed E-state index contributed by atoms with van der Waals surface area (Å²) in [5.41, 5.74) is 2.54. The third-order valence-electron chi connectivity index (χ3n) is 3.27. The number of carbonyl (C=O) groups is 1. The third kappa shape index (κ3) is 2.65. The molecule has 0 aromatic carbocycles. The Morgan fingerprint density at radius 2 is 2.05 bits per heavy atom. The number of rotatable bonds is 3. The molecule has 2 aromatic heterocycles. The molecule has 0 aliphatic heterocycles. The minimum Gasteiger partial charge on any atom is -0.478 e. The van der Waals surface area contributed by atoms with Crippen LogP contribution in [0, 0.1) is 0 Å². The van der Waals surface area contributed by atoms with Crippen molar-refractivity contribution >= 4 is 17.7 Å². The first kappa shape index (κ1) is 13.1. The summed E-state index contributed by atoms with van der Waals surface area (Å²) in [6.07, 6.45) is 7.38. The normalized spacial score (nSPS) is 13.8. The minimum absolute atomic E-state index is 0.241. The average Bonchev–Trinajstić information content (AvgIpc) is 2.48. The Hall–Kier alpha value is -1.95. The summed E-state index contributed by atoms with van der Waals surface area (Å²) < 4.78 is 0. The van der Waals surface area contributed by atoms with Crippen LogP contribution in [0.25, 0.3) is 0 Å². The molecule has 1 aliphatic carbocycles. The van der Waals surface area contributed by atoms with Gasteiger partial charge in [-0.1, -0.05) is 0 Å². The van der Waals surface area contributed by atoms with Crippen LogP contribution in [0.3, 0.4) is 0 Å². The van der Waals surface area contributed by atoms with E-state index in [1.54, 1.807) is 12.4 Å². The van der Waals surface area contributed by atoms with E-state index in [-0.39, 0.29) is 5.56 Å². The first-order chi connectivity index (χ1) is 9.74. The van der Waals surface area contributed by atoms with Gasteiger partial charge in [0.05, 0.1) is 5.56 Å². The van der Waals surface area contributed by atoms with Gasteiger partial charge in [-0.3, -0.25) is 0 Å². The largest absolute Gasteiger partial charge is 0.478 e. The minimum atomic E-state index is -0.945. The van der Waals surface area contributed by atoms with E-state index in [1.807, 2.05) is 0 Å². The molecular weight excluding hydrogens is 274 g/mol. The molecule has 0 fully saturated rings. The molecule has 0 spiro atoms. The van der Waals surface area contributed by atoms with Gasteiger partial charge in [-0.2, -0.15) is 0 Å². The molecule has 102 valence electrons. The van der Waals surface area contributed by atoms with Crippen LogP contribution in [0.4, 0.5) is 0 Å². The zero-order valence-electron chi connectivity index (χ0n) is 10.7. The molecule has 0 bridgehead atoms. The first-order valence-corrected chi connectivity index (χ1v) is 7.25. The zero-order chi connectivity index (χ0) is 13.9. The standard InChI is InChI=1S/C14H13N3O2S/c18-14(19)9-5-6-15-12(7-9)20-13-10-3-1-2-4-11(10)16-8-17-13/h5-8H,1-4H2,(H,18,19). The van der Waals surface area contributed by atoms with Crippen molar-refractivity contribution in [3.63, 3.8) is 0 Å². The van der Waals surface area contributed by atoms with Gasteiger partial charge in [0.2, 0.25) is 0 Å². The second-order valence-corrected chi connectivity index (χ2v) is 5.61. The molecule has 5 nitrogen and oxygen atoms in total. The summed E-state index contributed by atoms with van der Waals surface area (Å²) in [7, 11) is 0. The highest BCUT2D eigenvalue weighted by Crippen LogP contribution is 2.32. The Balaban J connectivity index is 1.91. The molecule has 6 heteroatoms. The second-order valence-electron chi connectivity index (χ2n) is 4.60. The number of carboxylic acid groups (broad SMARTS) is 1. The Labute approximate surface area is 120 Å². The van der Waals surface area contributed by atoms with Gasteiger partial charge >= 0.3 is 5.97 Å². The molecule has 2 aromatic rings. The lowest BCUT2D eigenvalue weighted by Gasteiger charge is -2.16. The molecule has 3 rings (SSSR count). The van der Waals surface area contributed by atoms with E-state index in [1.165, 1.54) is 36.0 Å². The third-order valence-corrected chi connectivity index (χ3v) is 4.25. The van der Waals surface area contributed by atoms with Crippen molar-refractivity contribution in [2.45, 2.75) is 35.7 Å². The molecular formula is C14H13N3O2S. The molecule has 20 heavy (non-hydrogen) atoms. The van der Waals surface area contributed by atoms with Crippen LogP contribution >= 0.6 is 11.8 Å². The summed E-state index contributed by atoms with van der Waals surface area (Å²) in [4.78, 5) is 23.8. The highest BCUT2D eigenvalue weighted by Gasteiger charge is 2.17. The fourth-order valence-electron chi connectivity index (χ4n) is 2.28. The van der Waals surface area contributed by atoms with Crippen LogP contribution in [0.5, 0.6) is 0 Å². The average molecular weight is 287 g/mol. The number of hydrogen-bond acceptors (Lipinski definition) is 5. The fraction of sp³-hybridized carbons (Fsp3) is 0.286. The molecule has 0 saturated carbocycles. The quantitative estimate of drug-likeness (QED) is 0.874. The molecule has 1 aliphatic rings. The maximum atomic E-state index is 11.0. The second kappa shape index (κ2) is 5.58. The van der Waals surface area contributed by atoms with Gasteiger partial charge < -0.3 is 5.11 Å².